The number of hydrogen-bond donors (Lipinski definition) is 1. The molecule has 0 unspecified atom stereocenters. The summed E-state index contributed by atoms with van der Waals surface area (Å²) in [7, 11) is 0. The van der Waals surface area contributed by atoms with Gasteiger partial charge >= 0.3 is 6.09 Å². The van der Waals surface area contributed by atoms with Crippen molar-refractivity contribution < 1.29 is 14.3 Å². The van der Waals surface area contributed by atoms with Gasteiger partial charge in [-0.25, -0.2) is 4.79 Å². The Kier molecular flexibility index (Phi) is 4.71. The largest absolute Gasteiger partial charge is 0.442 e. The maximum absolute atomic E-state index is 12.1. The minimum absolute atomic E-state index is 0.200. The topological polar surface area (TPSA) is 61.9 Å². The lowest BCUT2D eigenvalue weighted by atomic mass is 9.96. The number of nitrogens with one attached hydrogen (secondary N) is 1. The fourth-order valence-electron chi connectivity index (χ4n) is 3.19. The molecular weight excluding hydrogens is 326 g/mol. The molecule has 1 saturated heterocycles. The number of anilines is 2. The van der Waals surface area contributed by atoms with Crippen molar-refractivity contribution in [3.63, 3.8) is 0 Å². The van der Waals surface area contributed by atoms with Gasteiger partial charge in [-0.2, -0.15) is 0 Å². The summed E-state index contributed by atoms with van der Waals surface area (Å²) >= 11 is 4.98. The highest BCUT2D eigenvalue weighted by Crippen LogP contribution is 2.33. The van der Waals surface area contributed by atoms with Crippen LogP contribution in [0, 0.1) is 0 Å². The summed E-state index contributed by atoms with van der Waals surface area (Å²) in [4.78, 5) is 27.5. The number of aryl methyl sites for hydroxylation is 1. The molecule has 1 aromatic rings. The summed E-state index contributed by atoms with van der Waals surface area (Å²) in [6.07, 6.45) is 2.12. The normalized spacial score (nSPS) is 22.8. The predicted octanol–water partition coefficient (Wildman–Crippen LogP) is 2.25. The molecule has 0 aliphatic carbocycles. The van der Waals surface area contributed by atoms with Gasteiger partial charge in [-0.3, -0.25) is 9.69 Å². The van der Waals surface area contributed by atoms with Gasteiger partial charge in [0.25, 0.3) is 0 Å². The Morgan fingerprint density at radius 2 is 2.29 bits per heavy atom. The monoisotopic (exact) mass is 347 g/mol. The Hall–Kier alpha value is -2.15. The van der Waals surface area contributed by atoms with Crippen molar-refractivity contribution in [2.45, 2.75) is 38.8 Å². The van der Waals surface area contributed by atoms with E-state index in [1.165, 1.54) is 0 Å². The second-order valence-corrected chi connectivity index (χ2v) is 6.88. The van der Waals surface area contributed by atoms with Crippen molar-refractivity contribution in [1.82, 2.24) is 5.32 Å². The maximum atomic E-state index is 12.1. The van der Waals surface area contributed by atoms with Gasteiger partial charge in [0, 0.05) is 17.4 Å². The molecule has 2 aliphatic heterocycles. The summed E-state index contributed by atoms with van der Waals surface area (Å²) < 4.78 is 5.38. The van der Waals surface area contributed by atoms with Crippen molar-refractivity contribution >= 4 is 41.1 Å². The molecule has 0 saturated carbocycles. The van der Waals surface area contributed by atoms with Crippen molar-refractivity contribution in [3.8, 4) is 0 Å². The number of thiocarbonyl (C=S) groups is 1. The Morgan fingerprint density at radius 3 is 3.00 bits per heavy atom. The van der Waals surface area contributed by atoms with Crippen molar-refractivity contribution in [2.24, 2.45) is 0 Å². The SMILES string of the molecule is CC(=S)NC[C@H]1CN(c2ccc3c(c2)CC[C@H](C)N3C=O)C(=O)O1. The van der Waals surface area contributed by atoms with E-state index in [2.05, 4.69) is 5.32 Å². The van der Waals surface area contributed by atoms with E-state index in [1.807, 2.05) is 25.1 Å². The minimum atomic E-state index is -0.347. The molecule has 7 heteroatoms. The molecule has 2 amide bonds. The van der Waals surface area contributed by atoms with E-state index in [0.717, 1.165) is 36.2 Å². The van der Waals surface area contributed by atoms with Crippen molar-refractivity contribution in [1.29, 1.82) is 0 Å². The Bertz CT molecular complexity index is 679. The molecule has 128 valence electrons. The summed E-state index contributed by atoms with van der Waals surface area (Å²) in [5, 5.41) is 3.03. The second kappa shape index (κ2) is 6.76. The molecule has 2 atom stereocenters. The molecule has 0 spiro atoms. The van der Waals surface area contributed by atoms with E-state index in [1.54, 1.807) is 16.7 Å². The van der Waals surface area contributed by atoms with E-state index in [-0.39, 0.29) is 18.2 Å². The summed E-state index contributed by atoms with van der Waals surface area (Å²) in [6, 6.07) is 5.97. The lowest BCUT2D eigenvalue weighted by molar-refractivity contribution is -0.107. The number of amides is 2. The summed E-state index contributed by atoms with van der Waals surface area (Å²) in [5.74, 6) is 0. The molecule has 1 fully saturated rings. The maximum Gasteiger partial charge on any atom is 0.414 e. The van der Waals surface area contributed by atoms with E-state index in [4.69, 9.17) is 17.0 Å². The zero-order chi connectivity index (χ0) is 17.3. The lowest BCUT2D eigenvalue weighted by Crippen LogP contribution is -2.36. The molecule has 2 heterocycles. The zero-order valence-corrected chi connectivity index (χ0v) is 14.6. The van der Waals surface area contributed by atoms with Gasteiger partial charge in [-0.1, -0.05) is 12.2 Å². The molecule has 24 heavy (non-hydrogen) atoms. The summed E-state index contributed by atoms with van der Waals surface area (Å²) in [5.41, 5.74) is 2.82. The van der Waals surface area contributed by atoms with Gasteiger partial charge in [0.1, 0.15) is 6.10 Å². The van der Waals surface area contributed by atoms with Gasteiger partial charge in [-0.15, -0.1) is 0 Å². The Balaban J connectivity index is 1.77. The molecule has 0 radical (unpaired) electrons. The number of ether oxygens (including phenoxy) is 1. The first-order valence-corrected chi connectivity index (χ1v) is 8.49. The first-order chi connectivity index (χ1) is 11.5. The van der Waals surface area contributed by atoms with Crippen LogP contribution in [0.5, 0.6) is 0 Å². The van der Waals surface area contributed by atoms with E-state index in [0.29, 0.717) is 18.1 Å². The number of cyclic esters (lactones) is 1. The zero-order valence-electron chi connectivity index (χ0n) is 13.8. The van der Waals surface area contributed by atoms with Crippen LogP contribution in [0.3, 0.4) is 0 Å². The molecule has 1 N–H and O–H groups in total. The Morgan fingerprint density at radius 1 is 1.50 bits per heavy atom. The third kappa shape index (κ3) is 3.21. The first kappa shape index (κ1) is 16.7. The molecule has 1 aromatic carbocycles. The van der Waals surface area contributed by atoms with Gasteiger partial charge in [0.05, 0.1) is 18.1 Å². The highest BCUT2D eigenvalue weighted by atomic mass is 32.1. The van der Waals surface area contributed by atoms with Crippen LogP contribution >= 0.6 is 12.2 Å². The van der Waals surface area contributed by atoms with Crippen LogP contribution in [0.15, 0.2) is 18.2 Å². The molecule has 2 aliphatic rings. The fourth-order valence-corrected chi connectivity index (χ4v) is 3.27. The third-order valence-electron chi connectivity index (χ3n) is 4.53. The number of rotatable bonds is 4. The smallest absolute Gasteiger partial charge is 0.414 e. The van der Waals surface area contributed by atoms with Crippen LogP contribution in [0.4, 0.5) is 16.2 Å². The fraction of sp³-hybridized carbons (Fsp3) is 0.471. The molecular formula is C17H21N3O3S. The quantitative estimate of drug-likeness (QED) is 0.669. The average Bonchev–Trinajstić information content (AvgIpc) is 2.93. The van der Waals surface area contributed by atoms with Crippen molar-refractivity contribution in [2.75, 3.05) is 22.9 Å². The standard InChI is InChI=1S/C17H21N3O3S/c1-11-3-4-13-7-14(5-6-16(13)20(11)10-21)19-9-15(23-17(19)22)8-18-12(2)24/h5-7,10-11,15H,3-4,8-9H2,1-2H3,(H,18,24)/t11-,15-/m0/s1. The number of carbonyl (C=O) groups is 2. The first-order valence-electron chi connectivity index (χ1n) is 8.08. The lowest BCUT2D eigenvalue weighted by Gasteiger charge is -2.32. The van der Waals surface area contributed by atoms with E-state index >= 15 is 0 Å². The van der Waals surface area contributed by atoms with Crippen LogP contribution < -0.4 is 15.1 Å². The van der Waals surface area contributed by atoms with Crippen molar-refractivity contribution in [3.05, 3.63) is 23.8 Å². The van der Waals surface area contributed by atoms with Crippen LogP contribution in [0.25, 0.3) is 0 Å². The van der Waals surface area contributed by atoms with Gasteiger partial charge in [0.2, 0.25) is 6.41 Å². The van der Waals surface area contributed by atoms with Crippen LogP contribution in [0.1, 0.15) is 25.8 Å². The van der Waals surface area contributed by atoms with Gasteiger partial charge in [0.15, 0.2) is 0 Å². The number of carbonyl (C=O) groups excluding carboxylic acids is 2. The van der Waals surface area contributed by atoms with Crippen LogP contribution in [0.2, 0.25) is 0 Å². The van der Waals surface area contributed by atoms with Crippen LogP contribution in [-0.4, -0.2) is 42.7 Å². The molecule has 6 nitrogen and oxygen atoms in total. The third-order valence-corrected chi connectivity index (χ3v) is 4.67. The minimum Gasteiger partial charge on any atom is -0.442 e. The average molecular weight is 347 g/mol. The number of benzene rings is 1. The molecule has 3 rings (SSSR count). The predicted molar refractivity (Wildman–Crippen MR) is 96.7 cm³/mol. The van der Waals surface area contributed by atoms with Crippen LogP contribution in [-0.2, 0) is 16.0 Å². The summed E-state index contributed by atoms with van der Waals surface area (Å²) in [6.45, 7) is 4.84. The number of hydrogen-bond acceptors (Lipinski definition) is 4. The highest BCUT2D eigenvalue weighted by Gasteiger charge is 2.33. The Labute approximate surface area is 146 Å². The van der Waals surface area contributed by atoms with E-state index in [9.17, 15) is 9.59 Å². The molecule has 0 aromatic heterocycles. The van der Waals surface area contributed by atoms with Gasteiger partial charge < -0.3 is 15.0 Å². The number of nitrogens with zero attached hydrogens (tertiary/aromatic N) is 2. The molecule has 0 bridgehead atoms. The second-order valence-electron chi connectivity index (χ2n) is 6.27. The van der Waals surface area contributed by atoms with Gasteiger partial charge in [-0.05, 0) is 50.5 Å². The van der Waals surface area contributed by atoms with E-state index < -0.39 is 0 Å². The number of fused-ring (bicyclic) bond motifs is 1. The highest BCUT2D eigenvalue weighted by molar-refractivity contribution is 7.80.